The van der Waals surface area contributed by atoms with Crippen LogP contribution in [-0.4, -0.2) is 34.9 Å². The molecule has 25 heavy (non-hydrogen) atoms. The lowest BCUT2D eigenvalue weighted by atomic mass is 9.96. The highest BCUT2D eigenvalue weighted by atomic mass is 16.2. The topological polar surface area (TPSA) is 74.3 Å². The molecule has 0 spiro atoms. The Balaban J connectivity index is 1.48. The van der Waals surface area contributed by atoms with Crippen LogP contribution in [0.15, 0.2) is 36.5 Å². The summed E-state index contributed by atoms with van der Waals surface area (Å²) in [5.74, 6) is 0.136. The van der Waals surface area contributed by atoms with E-state index >= 15 is 0 Å². The lowest BCUT2D eigenvalue weighted by Gasteiger charge is -2.23. The number of benzene rings is 1. The minimum Gasteiger partial charge on any atom is -0.347 e. The van der Waals surface area contributed by atoms with Crippen molar-refractivity contribution >= 4 is 17.6 Å². The van der Waals surface area contributed by atoms with Crippen LogP contribution in [0.4, 0.5) is 10.5 Å². The van der Waals surface area contributed by atoms with Gasteiger partial charge in [0.05, 0.1) is 11.9 Å². The van der Waals surface area contributed by atoms with Gasteiger partial charge in [0.2, 0.25) is 0 Å². The van der Waals surface area contributed by atoms with Crippen molar-refractivity contribution in [1.29, 1.82) is 0 Å². The van der Waals surface area contributed by atoms with Gasteiger partial charge in [-0.15, -0.1) is 0 Å². The molecule has 1 unspecified atom stereocenters. The first-order chi connectivity index (χ1) is 12.1. The molecule has 1 atom stereocenters. The van der Waals surface area contributed by atoms with Gasteiger partial charge < -0.3 is 15.5 Å². The Morgan fingerprint density at radius 3 is 3.04 bits per heavy atom. The Kier molecular flexibility index (Phi) is 3.87. The minimum atomic E-state index is -0.160. The molecule has 3 amide bonds. The van der Waals surface area contributed by atoms with Crippen molar-refractivity contribution in [3.8, 4) is 0 Å². The minimum absolute atomic E-state index is 0.126. The van der Waals surface area contributed by atoms with Crippen LogP contribution in [-0.2, 0) is 13.0 Å². The van der Waals surface area contributed by atoms with E-state index in [9.17, 15) is 9.59 Å². The average Bonchev–Trinajstić information content (AvgIpc) is 2.89. The number of hydrogen-bond donors (Lipinski definition) is 2. The van der Waals surface area contributed by atoms with Crippen molar-refractivity contribution in [3.63, 3.8) is 0 Å². The number of anilines is 1. The molecule has 1 aromatic heterocycles. The lowest BCUT2D eigenvalue weighted by Crippen LogP contribution is -2.37. The van der Waals surface area contributed by atoms with Crippen LogP contribution in [0.5, 0.6) is 0 Å². The summed E-state index contributed by atoms with van der Waals surface area (Å²) < 4.78 is 0. The number of urea groups is 1. The van der Waals surface area contributed by atoms with Gasteiger partial charge in [-0.25, -0.2) is 9.78 Å². The zero-order valence-corrected chi connectivity index (χ0v) is 14.1. The van der Waals surface area contributed by atoms with E-state index in [1.54, 1.807) is 0 Å². The molecule has 3 heterocycles. The summed E-state index contributed by atoms with van der Waals surface area (Å²) in [6, 6.07) is 10.1. The molecule has 0 radical (unpaired) electrons. The summed E-state index contributed by atoms with van der Waals surface area (Å²) in [4.78, 5) is 30.3. The largest absolute Gasteiger partial charge is 0.347 e. The van der Waals surface area contributed by atoms with Crippen LogP contribution in [0.1, 0.15) is 40.0 Å². The molecule has 2 N–H and O–H groups in total. The van der Waals surface area contributed by atoms with Crippen LogP contribution >= 0.6 is 0 Å². The third-order valence-electron chi connectivity index (χ3n) is 4.89. The Morgan fingerprint density at radius 1 is 1.32 bits per heavy atom. The summed E-state index contributed by atoms with van der Waals surface area (Å²) in [5, 5.41) is 5.65. The van der Waals surface area contributed by atoms with Gasteiger partial charge in [0.1, 0.15) is 5.69 Å². The summed E-state index contributed by atoms with van der Waals surface area (Å²) in [5.41, 5.74) is 4.52. The predicted octanol–water partition coefficient (Wildman–Crippen LogP) is 2.52. The SMILES string of the molecule is CC1CN(C(=O)Nc2cnc3c(c2)CNC3=O)CCc2ccccc21. The number of nitrogens with zero attached hydrogens (tertiary/aromatic N) is 2. The average molecular weight is 336 g/mol. The Labute approximate surface area is 146 Å². The summed E-state index contributed by atoms with van der Waals surface area (Å²) >= 11 is 0. The van der Waals surface area contributed by atoms with Gasteiger partial charge in [-0.05, 0) is 29.5 Å². The van der Waals surface area contributed by atoms with Gasteiger partial charge in [0.15, 0.2) is 0 Å². The van der Waals surface area contributed by atoms with Crippen molar-refractivity contribution in [3.05, 3.63) is 58.9 Å². The number of amides is 3. The highest BCUT2D eigenvalue weighted by molar-refractivity contribution is 5.97. The van der Waals surface area contributed by atoms with Gasteiger partial charge in [0, 0.05) is 25.2 Å². The molecular formula is C19H20N4O2. The fraction of sp³-hybridized carbons (Fsp3) is 0.316. The van der Waals surface area contributed by atoms with E-state index in [0.29, 0.717) is 36.9 Å². The monoisotopic (exact) mass is 336 g/mol. The Hall–Kier alpha value is -2.89. The molecule has 1 aromatic carbocycles. The van der Waals surface area contributed by atoms with Gasteiger partial charge in [-0.3, -0.25) is 4.79 Å². The van der Waals surface area contributed by atoms with Crippen molar-refractivity contribution in [1.82, 2.24) is 15.2 Å². The third-order valence-corrected chi connectivity index (χ3v) is 4.89. The smallest absolute Gasteiger partial charge is 0.321 e. The second-order valence-electron chi connectivity index (χ2n) is 6.64. The van der Waals surface area contributed by atoms with Crippen LogP contribution in [0.2, 0.25) is 0 Å². The van der Waals surface area contributed by atoms with E-state index in [0.717, 1.165) is 12.0 Å². The summed E-state index contributed by atoms with van der Waals surface area (Å²) in [6.45, 7) is 3.98. The first kappa shape index (κ1) is 15.6. The van der Waals surface area contributed by atoms with Crippen molar-refractivity contribution < 1.29 is 9.59 Å². The number of fused-ring (bicyclic) bond motifs is 2. The molecule has 2 aromatic rings. The molecule has 6 nitrogen and oxygen atoms in total. The molecule has 2 aliphatic rings. The fourth-order valence-electron chi connectivity index (χ4n) is 3.58. The third kappa shape index (κ3) is 2.95. The van der Waals surface area contributed by atoms with Crippen molar-refractivity contribution in [2.45, 2.75) is 25.8 Å². The van der Waals surface area contributed by atoms with Crippen LogP contribution < -0.4 is 10.6 Å². The van der Waals surface area contributed by atoms with Gasteiger partial charge >= 0.3 is 6.03 Å². The number of pyridine rings is 1. The molecule has 0 saturated heterocycles. The zero-order valence-electron chi connectivity index (χ0n) is 14.1. The van der Waals surface area contributed by atoms with Gasteiger partial charge in [0.25, 0.3) is 5.91 Å². The Bertz CT molecular complexity index is 849. The normalized spacial score (nSPS) is 18.8. The van der Waals surface area contributed by atoms with Crippen LogP contribution in [0.25, 0.3) is 0 Å². The van der Waals surface area contributed by atoms with Crippen LogP contribution in [0, 0.1) is 0 Å². The van der Waals surface area contributed by atoms with Crippen molar-refractivity contribution in [2.75, 3.05) is 18.4 Å². The molecule has 2 aliphatic heterocycles. The predicted molar refractivity (Wildman–Crippen MR) is 94.6 cm³/mol. The highest BCUT2D eigenvalue weighted by Gasteiger charge is 2.24. The molecule has 4 rings (SSSR count). The number of carbonyl (C=O) groups is 2. The number of nitrogens with one attached hydrogen (secondary N) is 2. The number of hydrogen-bond acceptors (Lipinski definition) is 3. The number of rotatable bonds is 1. The maximum Gasteiger partial charge on any atom is 0.321 e. The standard InChI is InChI=1S/C19H20N4O2/c1-12-11-23(7-6-13-4-2-3-5-16(12)13)19(25)22-15-8-14-9-21-18(24)17(14)20-10-15/h2-5,8,10,12H,6-7,9,11H2,1H3,(H,21,24)(H,22,25). The first-order valence-corrected chi connectivity index (χ1v) is 8.52. The Morgan fingerprint density at radius 2 is 2.16 bits per heavy atom. The maximum absolute atomic E-state index is 12.7. The second-order valence-corrected chi connectivity index (χ2v) is 6.64. The summed E-state index contributed by atoms with van der Waals surface area (Å²) in [7, 11) is 0. The van der Waals surface area contributed by atoms with E-state index in [1.165, 1.54) is 17.3 Å². The van der Waals surface area contributed by atoms with Gasteiger partial charge in [-0.2, -0.15) is 0 Å². The molecule has 128 valence electrons. The molecule has 0 fully saturated rings. The zero-order chi connectivity index (χ0) is 17.4. The molecular weight excluding hydrogens is 316 g/mol. The van der Waals surface area contributed by atoms with E-state index in [2.05, 4.69) is 40.7 Å². The second kappa shape index (κ2) is 6.20. The van der Waals surface area contributed by atoms with Crippen LogP contribution in [0.3, 0.4) is 0 Å². The number of aromatic nitrogens is 1. The van der Waals surface area contributed by atoms with Gasteiger partial charge in [-0.1, -0.05) is 31.2 Å². The quantitative estimate of drug-likeness (QED) is 0.840. The maximum atomic E-state index is 12.7. The highest BCUT2D eigenvalue weighted by Crippen LogP contribution is 2.25. The van der Waals surface area contributed by atoms with E-state index < -0.39 is 0 Å². The van der Waals surface area contributed by atoms with E-state index in [-0.39, 0.29) is 11.9 Å². The fourth-order valence-corrected chi connectivity index (χ4v) is 3.58. The first-order valence-electron chi connectivity index (χ1n) is 8.52. The van der Waals surface area contributed by atoms with E-state index in [4.69, 9.17) is 0 Å². The molecule has 0 bridgehead atoms. The molecule has 6 heteroatoms. The molecule has 0 aliphatic carbocycles. The van der Waals surface area contributed by atoms with Crippen molar-refractivity contribution in [2.24, 2.45) is 0 Å². The van der Waals surface area contributed by atoms with E-state index in [1.807, 2.05) is 17.0 Å². The lowest BCUT2D eigenvalue weighted by molar-refractivity contribution is 0.0961. The number of carbonyl (C=O) groups excluding carboxylic acids is 2. The summed E-state index contributed by atoms with van der Waals surface area (Å²) in [6.07, 6.45) is 2.40. The molecule has 0 saturated carbocycles.